The van der Waals surface area contributed by atoms with Crippen molar-refractivity contribution in [1.29, 1.82) is 0 Å². The van der Waals surface area contributed by atoms with Crippen molar-refractivity contribution in [3.63, 3.8) is 0 Å². The number of benzene rings is 1. The molecule has 0 saturated heterocycles. The second-order valence-electron chi connectivity index (χ2n) is 5.36. The highest BCUT2D eigenvalue weighted by molar-refractivity contribution is 7.90. The average molecular weight is 307 g/mol. The second-order valence-corrected chi connectivity index (χ2v) is 7.37. The maximum atomic E-state index is 11.4. The number of sulfone groups is 1. The highest BCUT2D eigenvalue weighted by Crippen LogP contribution is 2.17. The first-order chi connectivity index (χ1) is 9.79. The SMILES string of the molecule is Cc1n[nH]c(C)c1CN[C@@H](C)c1ccc(S(C)(=O)=O)cc1. The van der Waals surface area contributed by atoms with E-state index in [1.807, 2.05) is 26.0 Å². The van der Waals surface area contributed by atoms with E-state index in [2.05, 4.69) is 22.4 Å². The van der Waals surface area contributed by atoms with Gasteiger partial charge in [0.1, 0.15) is 0 Å². The number of aryl methyl sites for hydroxylation is 2. The van der Waals surface area contributed by atoms with E-state index in [0.717, 1.165) is 23.5 Å². The molecule has 1 aromatic heterocycles. The molecule has 0 aliphatic heterocycles. The van der Waals surface area contributed by atoms with Crippen molar-refractivity contribution in [2.75, 3.05) is 6.26 Å². The van der Waals surface area contributed by atoms with Gasteiger partial charge in [-0.15, -0.1) is 0 Å². The third-order valence-corrected chi connectivity index (χ3v) is 4.80. The molecular weight excluding hydrogens is 286 g/mol. The van der Waals surface area contributed by atoms with E-state index >= 15 is 0 Å². The summed E-state index contributed by atoms with van der Waals surface area (Å²) in [7, 11) is -3.14. The van der Waals surface area contributed by atoms with Gasteiger partial charge in [-0.1, -0.05) is 12.1 Å². The molecule has 21 heavy (non-hydrogen) atoms. The number of nitrogens with one attached hydrogen (secondary N) is 2. The van der Waals surface area contributed by atoms with Crippen molar-refractivity contribution in [2.24, 2.45) is 0 Å². The molecule has 2 rings (SSSR count). The van der Waals surface area contributed by atoms with Crippen LogP contribution in [0.4, 0.5) is 0 Å². The van der Waals surface area contributed by atoms with Gasteiger partial charge in [0.15, 0.2) is 9.84 Å². The normalized spacial score (nSPS) is 13.3. The van der Waals surface area contributed by atoms with Crippen molar-refractivity contribution in [1.82, 2.24) is 15.5 Å². The first kappa shape index (κ1) is 15.7. The van der Waals surface area contributed by atoms with Gasteiger partial charge in [0.05, 0.1) is 10.6 Å². The van der Waals surface area contributed by atoms with Crippen LogP contribution in [0, 0.1) is 13.8 Å². The van der Waals surface area contributed by atoms with Crippen LogP contribution in [-0.4, -0.2) is 24.9 Å². The molecule has 2 aromatic rings. The summed E-state index contributed by atoms with van der Waals surface area (Å²) in [6.45, 7) is 6.76. The molecule has 1 aromatic carbocycles. The van der Waals surface area contributed by atoms with E-state index in [0.29, 0.717) is 4.90 Å². The van der Waals surface area contributed by atoms with Gasteiger partial charge in [0, 0.05) is 30.1 Å². The molecule has 1 atom stereocenters. The van der Waals surface area contributed by atoms with E-state index in [-0.39, 0.29) is 6.04 Å². The lowest BCUT2D eigenvalue weighted by molar-refractivity contribution is 0.571. The van der Waals surface area contributed by atoms with Gasteiger partial charge in [-0.25, -0.2) is 8.42 Å². The Hall–Kier alpha value is -1.66. The number of aromatic nitrogens is 2. The van der Waals surface area contributed by atoms with E-state index < -0.39 is 9.84 Å². The monoisotopic (exact) mass is 307 g/mol. The molecule has 0 unspecified atom stereocenters. The summed E-state index contributed by atoms with van der Waals surface area (Å²) in [5, 5.41) is 10.6. The van der Waals surface area contributed by atoms with Crippen molar-refractivity contribution in [2.45, 2.75) is 38.3 Å². The summed E-state index contributed by atoms with van der Waals surface area (Å²) < 4.78 is 22.9. The summed E-state index contributed by atoms with van der Waals surface area (Å²) in [4.78, 5) is 0.347. The van der Waals surface area contributed by atoms with E-state index in [9.17, 15) is 8.42 Å². The Morgan fingerprint density at radius 3 is 2.33 bits per heavy atom. The van der Waals surface area contributed by atoms with Crippen LogP contribution in [0.25, 0.3) is 0 Å². The first-order valence-corrected chi connectivity index (χ1v) is 8.72. The molecule has 114 valence electrons. The van der Waals surface area contributed by atoms with Crippen LogP contribution in [0.3, 0.4) is 0 Å². The Balaban J connectivity index is 2.05. The van der Waals surface area contributed by atoms with Gasteiger partial charge in [-0.3, -0.25) is 5.10 Å². The highest BCUT2D eigenvalue weighted by atomic mass is 32.2. The van der Waals surface area contributed by atoms with Gasteiger partial charge in [0.25, 0.3) is 0 Å². The first-order valence-electron chi connectivity index (χ1n) is 6.83. The number of hydrogen-bond donors (Lipinski definition) is 2. The maximum absolute atomic E-state index is 11.4. The predicted molar refractivity (Wildman–Crippen MR) is 82.9 cm³/mol. The maximum Gasteiger partial charge on any atom is 0.175 e. The van der Waals surface area contributed by atoms with Crippen molar-refractivity contribution < 1.29 is 8.42 Å². The largest absolute Gasteiger partial charge is 0.306 e. The zero-order valence-electron chi connectivity index (χ0n) is 12.8. The third-order valence-electron chi connectivity index (χ3n) is 3.67. The molecule has 0 amide bonds. The fraction of sp³-hybridized carbons (Fsp3) is 0.400. The van der Waals surface area contributed by atoms with Crippen molar-refractivity contribution >= 4 is 9.84 Å². The van der Waals surface area contributed by atoms with E-state index in [4.69, 9.17) is 0 Å². The molecule has 0 fully saturated rings. The molecule has 0 bridgehead atoms. The summed E-state index contributed by atoms with van der Waals surface area (Å²) >= 11 is 0. The lowest BCUT2D eigenvalue weighted by Crippen LogP contribution is -2.18. The highest BCUT2D eigenvalue weighted by Gasteiger charge is 2.11. The molecule has 0 radical (unpaired) electrons. The lowest BCUT2D eigenvalue weighted by Gasteiger charge is -2.15. The quantitative estimate of drug-likeness (QED) is 0.888. The van der Waals surface area contributed by atoms with Gasteiger partial charge >= 0.3 is 0 Å². The number of hydrogen-bond acceptors (Lipinski definition) is 4. The summed E-state index contributed by atoms with van der Waals surface area (Å²) in [5.41, 5.74) is 4.30. The Kier molecular flexibility index (Phi) is 4.49. The number of rotatable bonds is 5. The summed E-state index contributed by atoms with van der Waals surface area (Å²) in [5.74, 6) is 0. The van der Waals surface area contributed by atoms with Crippen LogP contribution < -0.4 is 5.32 Å². The van der Waals surface area contributed by atoms with Crippen LogP contribution in [0.2, 0.25) is 0 Å². The second kappa shape index (κ2) is 5.99. The van der Waals surface area contributed by atoms with Crippen LogP contribution in [0.5, 0.6) is 0 Å². The van der Waals surface area contributed by atoms with Gasteiger partial charge in [0.2, 0.25) is 0 Å². The lowest BCUT2D eigenvalue weighted by atomic mass is 10.1. The average Bonchev–Trinajstić information content (AvgIpc) is 2.75. The Bertz CT molecular complexity index is 698. The fourth-order valence-electron chi connectivity index (χ4n) is 2.21. The van der Waals surface area contributed by atoms with Gasteiger partial charge < -0.3 is 5.32 Å². The van der Waals surface area contributed by atoms with Crippen LogP contribution >= 0.6 is 0 Å². The predicted octanol–water partition coefficient (Wildman–Crippen LogP) is 2.28. The zero-order valence-corrected chi connectivity index (χ0v) is 13.6. The standard InChI is InChI=1S/C15H21N3O2S/c1-10(16-9-15-11(2)17-18-12(15)3)13-5-7-14(8-6-13)21(4,19)20/h5-8,10,16H,9H2,1-4H3,(H,17,18)/t10-/m0/s1. The summed E-state index contributed by atoms with van der Waals surface area (Å²) in [6.07, 6.45) is 1.22. The van der Waals surface area contributed by atoms with Gasteiger partial charge in [-0.2, -0.15) is 5.10 Å². The Morgan fingerprint density at radius 2 is 1.86 bits per heavy atom. The molecular formula is C15H21N3O2S. The number of nitrogens with zero attached hydrogens (tertiary/aromatic N) is 1. The minimum atomic E-state index is -3.14. The molecule has 6 heteroatoms. The summed E-state index contributed by atoms with van der Waals surface area (Å²) in [6, 6.07) is 7.13. The molecule has 0 aliphatic carbocycles. The smallest absolute Gasteiger partial charge is 0.175 e. The molecule has 1 heterocycles. The minimum absolute atomic E-state index is 0.132. The Labute approximate surface area is 125 Å². The molecule has 5 nitrogen and oxygen atoms in total. The minimum Gasteiger partial charge on any atom is -0.306 e. The van der Waals surface area contributed by atoms with Crippen LogP contribution in [0.15, 0.2) is 29.2 Å². The number of aromatic amines is 1. The van der Waals surface area contributed by atoms with Crippen molar-refractivity contribution in [3.8, 4) is 0 Å². The van der Waals surface area contributed by atoms with Crippen LogP contribution in [-0.2, 0) is 16.4 Å². The molecule has 0 aliphatic rings. The van der Waals surface area contributed by atoms with E-state index in [1.54, 1.807) is 12.1 Å². The van der Waals surface area contributed by atoms with E-state index in [1.165, 1.54) is 11.8 Å². The fourth-order valence-corrected chi connectivity index (χ4v) is 2.84. The molecule has 0 saturated carbocycles. The van der Waals surface area contributed by atoms with Crippen LogP contribution in [0.1, 0.15) is 35.5 Å². The molecule has 0 spiro atoms. The zero-order chi connectivity index (χ0) is 15.6. The van der Waals surface area contributed by atoms with Gasteiger partial charge in [-0.05, 0) is 38.5 Å². The number of H-pyrrole nitrogens is 1. The van der Waals surface area contributed by atoms with Crippen molar-refractivity contribution in [3.05, 3.63) is 46.8 Å². The molecule has 2 N–H and O–H groups in total. The topological polar surface area (TPSA) is 74.8 Å². The third kappa shape index (κ3) is 3.71. The Morgan fingerprint density at radius 1 is 1.24 bits per heavy atom.